The van der Waals surface area contributed by atoms with Gasteiger partial charge in [-0.1, -0.05) is 41.9 Å². The van der Waals surface area contributed by atoms with Gasteiger partial charge in [-0.15, -0.1) is 0 Å². The Morgan fingerprint density at radius 3 is 2.61 bits per heavy atom. The lowest BCUT2D eigenvalue weighted by Gasteiger charge is -2.39. The van der Waals surface area contributed by atoms with Crippen LogP contribution in [0.3, 0.4) is 0 Å². The maximum absolute atomic E-state index is 13.4. The lowest BCUT2D eigenvalue weighted by molar-refractivity contribution is -0.118. The zero-order chi connectivity index (χ0) is 22.3. The number of Topliss-reactive ketones (excluding diaryl/α,β-unsaturated/α-hetero) is 1. The Hall–Kier alpha value is -2.25. The third kappa shape index (κ3) is 4.53. The second-order valence-corrected chi connectivity index (χ2v) is 10.6. The van der Waals surface area contributed by atoms with Crippen LogP contribution in [0.2, 0.25) is 0 Å². The van der Waals surface area contributed by atoms with E-state index in [9.17, 15) is 9.59 Å². The second-order valence-electron chi connectivity index (χ2n) is 8.80. The molecule has 1 aromatic carbocycles. The maximum Gasteiger partial charge on any atom is 0.255 e. The highest BCUT2D eigenvalue weighted by molar-refractivity contribution is 9.10. The highest BCUT2D eigenvalue weighted by Crippen LogP contribution is 2.47. The van der Waals surface area contributed by atoms with Crippen LogP contribution in [0.1, 0.15) is 45.1 Å². The van der Waals surface area contributed by atoms with E-state index in [4.69, 9.17) is 0 Å². The average molecular weight is 545 g/mol. The number of carbonyl (C=O) groups excluding carboxylic acids is 2. The highest BCUT2D eigenvalue weighted by atomic mass is 79.9. The summed E-state index contributed by atoms with van der Waals surface area (Å²) >= 11 is 6.89. The standard InChI is InChI=1S/C24H23Br2N3O2/c1-13-20(23(31)29-19-8-7-16(26)12-27-19)21(14-5-4-6-15(25)9-14)22-17(28-13)10-24(2,3)11-18(22)30/h4-9,12,21,28H,10-11H2,1-3H3,(H,27,29,31)/t21-/m0/s1. The number of amides is 1. The molecule has 2 N–H and O–H groups in total. The Labute approximate surface area is 198 Å². The average Bonchev–Trinajstić information content (AvgIpc) is 2.67. The van der Waals surface area contributed by atoms with E-state index in [1.54, 1.807) is 12.3 Å². The molecule has 2 aromatic rings. The number of nitrogens with zero attached hydrogens (tertiary/aromatic N) is 1. The summed E-state index contributed by atoms with van der Waals surface area (Å²) in [5, 5.41) is 6.28. The number of benzene rings is 1. The molecule has 2 aliphatic rings. The van der Waals surface area contributed by atoms with Crippen LogP contribution in [0.15, 0.2) is 74.1 Å². The summed E-state index contributed by atoms with van der Waals surface area (Å²) in [5.41, 5.74) is 3.69. The number of allylic oxidation sites excluding steroid dienone is 3. The van der Waals surface area contributed by atoms with Crippen molar-refractivity contribution in [1.82, 2.24) is 10.3 Å². The Morgan fingerprint density at radius 1 is 1.16 bits per heavy atom. The van der Waals surface area contributed by atoms with Crippen LogP contribution in [0.25, 0.3) is 0 Å². The number of carbonyl (C=O) groups is 2. The van der Waals surface area contributed by atoms with Crippen molar-refractivity contribution in [2.24, 2.45) is 5.41 Å². The van der Waals surface area contributed by atoms with E-state index in [-0.39, 0.29) is 17.1 Å². The van der Waals surface area contributed by atoms with Crippen molar-refractivity contribution in [3.05, 3.63) is 79.6 Å². The normalized spacial score (nSPS) is 20.3. The van der Waals surface area contributed by atoms with Crippen molar-refractivity contribution < 1.29 is 9.59 Å². The van der Waals surface area contributed by atoms with Gasteiger partial charge in [0, 0.05) is 50.0 Å². The Bertz CT molecular complexity index is 1130. The minimum Gasteiger partial charge on any atom is -0.362 e. The molecule has 7 heteroatoms. The third-order valence-electron chi connectivity index (χ3n) is 5.64. The van der Waals surface area contributed by atoms with Crippen LogP contribution in [0.5, 0.6) is 0 Å². The number of nitrogens with one attached hydrogen (secondary N) is 2. The first kappa shape index (κ1) is 22.0. The van der Waals surface area contributed by atoms with Gasteiger partial charge >= 0.3 is 0 Å². The molecule has 0 saturated heterocycles. The fourth-order valence-corrected chi connectivity index (χ4v) is 5.04. The van der Waals surface area contributed by atoms with Gasteiger partial charge in [-0.2, -0.15) is 0 Å². The van der Waals surface area contributed by atoms with E-state index >= 15 is 0 Å². The van der Waals surface area contributed by atoms with Crippen LogP contribution in [0, 0.1) is 5.41 Å². The SMILES string of the molecule is CC1=C(C(=O)Nc2ccc(Br)cn2)[C@H](c2cccc(Br)c2)C2=C(CC(C)(C)CC2=O)N1. The monoisotopic (exact) mass is 543 g/mol. The number of pyridine rings is 1. The molecular formula is C24H23Br2N3O2. The number of aromatic nitrogens is 1. The molecule has 1 atom stereocenters. The second kappa shape index (κ2) is 8.36. The Balaban J connectivity index is 1.80. The lowest BCUT2D eigenvalue weighted by Crippen LogP contribution is -2.39. The van der Waals surface area contributed by atoms with E-state index < -0.39 is 5.92 Å². The summed E-state index contributed by atoms with van der Waals surface area (Å²) in [6.45, 7) is 6.10. The summed E-state index contributed by atoms with van der Waals surface area (Å²) in [4.78, 5) is 31.0. The van der Waals surface area contributed by atoms with E-state index in [1.165, 1.54) is 0 Å². The summed E-state index contributed by atoms with van der Waals surface area (Å²) < 4.78 is 1.73. The van der Waals surface area contributed by atoms with E-state index in [0.29, 0.717) is 23.4 Å². The van der Waals surface area contributed by atoms with Crippen LogP contribution in [-0.4, -0.2) is 16.7 Å². The summed E-state index contributed by atoms with van der Waals surface area (Å²) in [6.07, 6.45) is 2.86. The van der Waals surface area contributed by atoms with Crippen molar-refractivity contribution in [3.8, 4) is 0 Å². The quantitative estimate of drug-likeness (QED) is 0.508. The van der Waals surface area contributed by atoms with Gasteiger partial charge in [0.15, 0.2) is 5.78 Å². The number of ketones is 1. The molecule has 1 aliphatic heterocycles. The predicted molar refractivity (Wildman–Crippen MR) is 128 cm³/mol. The number of anilines is 1. The molecule has 5 nitrogen and oxygen atoms in total. The molecule has 0 saturated carbocycles. The Morgan fingerprint density at radius 2 is 1.94 bits per heavy atom. The molecule has 1 aromatic heterocycles. The van der Waals surface area contributed by atoms with E-state index in [2.05, 4.69) is 61.3 Å². The van der Waals surface area contributed by atoms with Gasteiger partial charge in [-0.05, 0) is 64.5 Å². The zero-order valence-electron chi connectivity index (χ0n) is 17.6. The molecule has 0 radical (unpaired) electrons. The maximum atomic E-state index is 13.4. The van der Waals surface area contributed by atoms with Crippen molar-refractivity contribution in [1.29, 1.82) is 0 Å². The Kier molecular flexibility index (Phi) is 5.92. The molecule has 1 aliphatic carbocycles. The van der Waals surface area contributed by atoms with Crippen LogP contribution in [0.4, 0.5) is 5.82 Å². The lowest BCUT2D eigenvalue weighted by atomic mass is 9.68. The molecule has 0 spiro atoms. The van der Waals surface area contributed by atoms with E-state index in [1.807, 2.05) is 37.3 Å². The first-order chi connectivity index (χ1) is 14.6. The van der Waals surface area contributed by atoms with Gasteiger partial charge < -0.3 is 10.6 Å². The van der Waals surface area contributed by atoms with Crippen molar-refractivity contribution in [3.63, 3.8) is 0 Å². The fraction of sp³-hybridized carbons (Fsp3) is 0.292. The number of halogens is 2. The van der Waals surface area contributed by atoms with Gasteiger partial charge in [-0.3, -0.25) is 9.59 Å². The third-order valence-corrected chi connectivity index (χ3v) is 6.60. The van der Waals surface area contributed by atoms with Crippen molar-refractivity contribution in [2.75, 3.05) is 5.32 Å². The van der Waals surface area contributed by atoms with E-state index in [0.717, 1.165) is 32.3 Å². The smallest absolute Gasteiger partial charge is 0.255 e. The van der Waals surface area contributed by atoms with Crippen molar-refractivity contribution >= 4 is 49.4 Å². The number of dihydropyridines is 1. The summed E-state index contributed by atoms with van der Waals surface area (Å²) in [7, 11) is 0. The first-order valence-electron chi connectivity index (χ1n) is 10.1. The van der Waals surface area contributed by atoms with Gasteiger partial charge in [0.25, 0.3) is 5.91 Å². The van der Waals surface area contributed by atoms with Crippen molar-refractivity contribution in [2.45, 2.75) is 39.5 Å². The minimum atomic E-state index is -0.437. The molecular weight excluding hydrogens is 522 g/mol. The van der Waals surface area contributed by atoms with Gasteiger partial charge in [-0.25, -0.2) is 4.98 Å². The van der Waals surface area contributed by atoms with Crippen LogP contribution >= 0.6 is 31.9 Å². The molecule has 160 valence electrons. The molecule has 0 fully saturated rings. The van der Waals surface area contributed by atoms with Crippen LogP contribution < -0.4 is 10.6 Å². The summed E-state index contributed by atoms with van der Waals surface area (Å²) in [5.74, 6) is -0.164. The largest absolute Gasteiger partial charge is 0.362 e. The first-order valence-corrected chi connectivity index (χ1v) is 11.7. The topological polar surface area (TPSA) is 71.1 Å². The number of rotatable bonds is 3. The molecule has 0 unspecified atom stereocenters. The minimum absolute atomic E-state index is 0.0864. The van der Waals surface area contributed by atoms with Gasteiger partial charge in [0.1, 0.15) is 5.82 Å². The summed E-state index contributed by atoms with van der Waals surface area (Å²) in [6, 6.07) is 11.4. The fourth-order valence-electron chi connectivity index (χ4n) is 4.39. The highest BCUT2D eigenvalue weighted by Gasteiger charge is 2.42. The number of hydrogen-bond acceptors (Lipinski definition) is 4. The van der Waals surface area contributed by atoms with Gasteiger partial charge in [0.05, 0.1) is 0 Å². The molecule has 2 heterocycles. The molecule has 0 bridgehead atoms. The molecule has 31 heavy (non-hydrogen) atoms. The van der Waals surface area contributed by atoms with Gasteiger partial charge in [0.2, 0.25) is 0 Å². The molecule has 1 amide bonds. The zero-order valence-corrected chi connectivity index (χ0v) is 20.7. The number of hydrogen-bond donors (Lipinski definition) is 2. The predicted octanol–water partition coefficient (Wildman–Crippen LogP) is 5.85. The molecule has 4 rings (SSSR count). The van der Waals surface area contributed by atoms with Crippen LogP contribution in [-0.2, 0) is 9.59 Å².